The van der Waals surface area contributed by atoms with E-state index >= 15 is 0 Å². The Balaban J connectivity index is 3.42. The van der Waals surface area contributed by atoms with Crippen LogP contribution in [0.3, 0.4) is 0 Å². The number of carbonyl (C=O) groups is 1. The smallest absolute Gasteiger partial charge is 0.306 e. The lowest BCUT2D eigenvalue weighted by atomic mass is 9.94. The second-order valence-corrected chi connectivity index (χ2v) is 6.86. The summed E-state index contributed by atoms with van der Waals surface area (Å²) in [7, 11) is 0. The monoisotopic (exact) mass is 312 g/mol. The van der Waals surface area contributed by atoms with Crippen LogP contribution in [0.1, 0.15) is 117 Å². The topological polar surface area (TPSA) is 37.3 Å². The van der Waals surface area contributed by atoms with E-state index in [0.29, 0.717) is 0 Å². The lowest BCUT2D eigenvalue weighted by molar-refractivity contribution is -0.142. The van der Waals surface area contributed by atoms with Crippen LogP contribution in [0.2, 0.25) is 0 Å². The lowest BCUT2D eigenvalue weighted by Crippen LogP contribution is -2.13. The molecule has 0 saturated carbocycles. The van der Waals surface area contributed by atoms with Gasteiger partial charge >= 0.3 is 5.97 Å². The lowest BCUT2D eigenvalue weighted by Gasteiger charge is -2.12. The van der Waals surface area contributed by atoms with Gasteiger partial charge in [-0.3, -0.25) is 4.79 Å². The van der Waals surface area contributed by atoms with E-state index in [1.807, 2.05) is 0 Å². The summed E-state index contributed by atoms with van der Waals surface area (Å²) in [5.74, 6) is -0.668. The minimum absolute atomic E-state index is 0.0918. The fraction of sp³-hybridized carbons (Fsp3) is 0.950. The van der Waals surface area contributed by atoms with E-state index in [1.165, 1.54) is 77.0 Å². The molecule has 0 radical (unpaired) electrons. The number of carboxylic acids is 1. The normalized spacial score (nSPS) is 12.5. The van der Waals surface area contributed by atoms with E-state index in [0.717, 1.165) is 25.7 Å². The summed E-state index contributed by atoms with van der Waals surface area (Å²) in [4.78, 5) is 11.3. The summed E-state index contributed by atoms with van der Waals surface area (Å²) in [5, 5.41) is 9.27. The van der Waals surface area contributed by atoms with Crippen LogP contribution >= 0.6 is 0 Å². The first-order chi connectivity index (χ1) is 10.7. The number of hydrogen-bond acceptors (Lipinski definition) is 1. The van der Waals surface area contributed by atoms with Crippen LogP contribution in [0, 0.1) is 5.92 Å². The Morgan fingerprint density at radius 1 is 0.636 bits per heavy atom. The number of rotatable bonds is 17. The summed E-state index contributed by atoms with van der Waals surface area (Å²) >= 11 is 0. The molecule has 0 unspecified atom stereocenters. The van der Waals surface area contributed by atoms with Crippen molar-refractivity contribution in [2.75, 3.05) is 0 Å². The van der Waals surface area contributed by atoms with Gasteiger partial charge in [0, 0.05) is 0 Å². The molecular formula is C20H40O2. The Labute approximate surface area is 139 Å². The Hall–Kier alpha value is -0.530. The van der Waals surface area contributed by atoms with Crippen LogP contribution < -0.4 is 0 Å². The van der Waals surface area contributed by atoms with Crippen LogP contribution in [-0.2, 0) is 4.79 Å². The highest BCUT2D eigenvalue weighted by Crippen LogP contribution is 2.19. The van der Waals surface area contributed by atoms with Crippen molar-refractivity contribution >= 4 is 5.97 Å². The summed E-state index contributed by atoms with van der Waals surface area (Å²) in [6.07, 6.45) is 19.7. The van der Waals surface area contributed by atoms with Crippen LogP contribution in [0.15, 0.2) is 0 Å². The number of carboxylic acid groups (broad SMARTS) is 1. The molecule has 0 aromatic heterocycles. The minimum Gasteiger partial charge on any atom is -0.481 e. The van der Waals surface area contributed by atoms with E-state index in [2.05, 4.69) is 13.8 Å². The largest absolute Gasteiger partial charge is 0.481 e. The van der Waals surface area contributed by atoms with Gasteiger partial charge in [0.05, 0.1) is 5.92 Å². The Morgan fingerprint density at radius 2 is 0.955 bits per heavy atom. The first kappa shape index (κ1) is 21.5. The Kier molecular flexibility index (Phi) is 16.4. The van der Waals surface area contributed by atoms with Crippen molar-refractivity contribution in [3.63, 3.8) is 0 Å². The van der Waals surface area contributed by atoms with Crippen molar-refractivity contribution < 1.29 is 9.90 Å². The zero-order chi connectivity index (χ0) is 16.5. The van der Waals surface area contributed by atoms with Crippen molar-refractivity contribution in [3.8, 4) is 0 Å². The van der Waals surface area contributed by atoms with Crippen molar-refractivity contribution in [1.82, 2.24) is 0 Å². The molecule has 0 amide bonds. The van der Waals surface area contributed by atoms with Crippen molar-refractivity contribution in [3.05, 3.63) is 0 Å². The maximum atomic E-state index is 11.3. The van der Waals surface area contributed by atoms with E-state index in [9.17, 15) is 9.90 Å². The molecule has 2 nitrogen and oxygen atoms in total. The van der Waals surface area contributed by atoms with Crippen molar-refractivity contribution in [2.24, 2.45) is 5.92 Å². The number of unbranched alkanes of at least 4 members (excludes halogenated alkanes) is 12. The maximum absolute atomic E-state index is 11.3. The van der Waals surface area contributed by atoms with E-state index in [1.54, 1.807) is 0 Å². The number of aliphatic carboxylic acids is 1. The van der Waals surface area contributed by atoms with Gasteiger partial charge < -0.3 is 5.11 Å². The zero-order valence-corrected chi connectivity index (χ0v) is 15.2. The molecule has 0 fully saturated rings. The molecule has 0 aromatic carbocycles. The van der Waals surface area contributed by atoms with Gasteiger partial charge in [0.1, 0.15) is 0 Å². The van der Waals surface area contributed by atoms with Gasteiger partial charge in [-0.1, -0.05) is 104 Å². The second kappa shape index (κ2) is 16.8. The van der Waals surface area contributed by atoms with E-state index in [-0.39, 0.29) is 5.92 Å². The van der Waals surface area contributed by atoms with E-state index < -0.39 is 5.97 Å². The van der Waals surface area contributed by atoms with Crippen LogP contribution in [0.5, 0.6) is 0 Å². The summed E-state index contributed by atoms with van der Waals surface area (Å²) in [6.45, 7) is 4.45. The fourth-order valence-corrected chi connectivity index (χ4v) is 3.09. The predicted molar refractivity (Wildman–Crippen MR) is 96.3 cm³/mol. The molecular weight excluding hydrogens is 272 g/mol. The van der Waals surface area contributed by atoms with Gasteiger partial charge in [0.15, 0.2) is 0 Å². The highest BCUT2D eigenvalue weighted by Gasteiger charge is 2.15. The fourth-order valence-electron chi connectivity index (χ4n) is 3.09. The Bertz CT molecular complexity index is 238. The molecule has 0 saturated heterocycles. The van der Waals surface area contributed by atoms with Gasteiger partial charge in [-0.05, 0) is 12.8 Å². The van der Waals surface area contributed by atoms with Crippen LogP contribution in [-0.4, -0.2) is 11.1 Å². The van der Waals surface area contributed by atoms with E-state index in [4.69, 9.17) is 0 Å². The third kappa shape index (κ3) is 14.4. The molecule has 2 heteroatoms. The molecule has 132 valence electrons. The summed E-state index contributed by atoms with van der Waals surface area (Å²) < 4.78 is 0. The first-order valence-corrected chi connectivity index (χ1v) is 9.95. The van der Waals surface area contributed by atoms with Crippen LogP contribution in [0.25, 0.3) is 0 Å². The highest BCUT2D eigenvalue weighted by atomic mass is 16.4. The molecule has 0 aliphatic rings. The molecule has 0 aliphatic carbocycles. The molecule has 0 heterocycles. The van der Waals surface area contributed by atoms with Gasteiger partial charge in [0.2, 0.25) is 0 Å². The first-order valence-electron chi connectivity index (χ1n) is 9.95. The van der Waals surface area contributed by atoms with Gasteiger partial charge in [-0.25, -0.2) is 0 Å². The zero-order valence-electron chi connectivity index (χ0n) is 15.2. The molecule has 1 atom stereocenters. The summed E-state index contributed by atoms with van der Waals surface area (Å²) in [5.41, 5.74) is 0. The maximum Gasteiger partial charge on any atom is 0.306 e. The standard InChI is InChI=1S/C20H40O2/c1-3-5-7-9-10-11-12-13-14-16-18-19(20(21)22)17-15-8-6-4-2/h19H,3-18H2,1-2H3,(H,21,22)/t19-/m1/s1. The molecule has 0 aliphatic heterocycles. The van der Waals surface area contributed by atoms with Crippen LogP contribution in [0.4, 0.5) is 0 Å². The third-order valence-corrected chi connectivity index (χ3v) is 4.66. The molecule has 0 rings (SSSR count). The molecule has 22 heavy (non-hydrogen) atoms. The number of hydrogen-bond donors (Lipinski definition) is 1. The van der Waals surface area contributed by atoms with Gasteiger partial charge in [0.25, 0.3) is 0 Å². The molecule has 1 N–H and O–H groups in total. The van der Waals surface area contributed by atoms with Gasteiger partial charge in [-0.15, -0.1) is 0 Å². The minimum atomic E-state index is -0.576. The third-order valence-electron chi connectivity index (χ3n) is 4.66. The second-order valence-electron chi connectivity index (χ2n) is 6.86. The van der Waals surface area contributed by atoms with Crippen molar-refractivity contribution in [1.29, 1.82) is 0 Å². The highest BCUT2D eigenvalue weighted by molar-refractivity contribution is 5.69. The van der Waals surface area contributed by atoms with Crippen molar-refractivity contribution in [2.45, 2.75) is 117 Å². The average molecular weight is 313 g/mol. The molecule has 0 spiro atoms. The average Bonchev–Trinajstić information content (AvgIpc) is 2.50. The summed E-state index contributed by atoms with van der Waals surface area (Å²) in [6, 6.07) is 0. The molecule has 0 aromatic rings. The predicted octanol–water partition coefficient (Wildman–Crippen LogP) is 6.97. The SMILES string of the molecule is CCCCCCCCCCCC[C@@H](CCCCCC)C(=O)O. The van der Waals surface area contributed by atoms with Gasteiger partial charge in [-0.2, -0.15) is 0 Å². The Morgan fingerprint density at radius 3 is 1.32 bits per heavy atom. The quantitative estimate of drug-likeness (QED) is 0.294. The molecule has 0 bridgehead atoms.